The Bertz CT molecular complexity index is 868. The van der Waals surface area contributed by atoms with Crippen molar-refractivity contribution in [3.63, 3.8) is 0 Å². The monoisotopic (exact) mass is 337 g/mol. The summed E-state index contributed by atoms with van der Waals surface area (Å²) in [5.41, 5.74) is 1.32. The van der Waals surface area contributed by atoms with Gasteiger partial charge in [-0.1, -0.05) is 24.3 Å². The van der Waals surface area contributed by atoms with Crippen molar-refractivity contribution in [3.8, 4) is 11.5 Å². The summed E-state index contributed by atoms with van der Waals surface area (Å²) in [6, 6.07) is 10.7. The first-order valence-corrected chi connectivity index (χ1v) is 8.21. The maximum absolute atomic E-state index is 13.4. The maximum Gasteiger partial charge on any atom is 0.196 e. The van der Waals surface area contributed by atoms with Crippen LogP contribution in [0.5, 0.6) is 11.5 Å². The molecule has 25 heavy (non-hydrogen) atoms. The lowest BCUT2D eigenvalue weighted by Gasteiger charge is -2.41. The van der Waals surface area contributed by atoms with Crippen molar-refractivity contribution in [1.29, 1.82) is 0 Å². The second-order valence-corrected chi connectivity index (χ2v) is 6.45. The molecule has 2 aromatic rings. The summed E-state index contributed by atoms with van der Waals surface area (Å²) in [7, 11) is 4.97. The number of carbonyl (C=O) groups excluding carboxylic acids is 2. The van der Waals surface area contributed by atoms with E-state index in [2.05, 4.69) is 0 Å². The van der Waals surface area contributed by atoms with Crippen molar-refractivity contribution < 1.29 is 19.1 Å². The van der Waals surface area contributed by atoms with Crippen LogP contribution in [0.4, 0.5) is 0 Å². The van der Waals surface area contributed by atoms with Crippen LogP contribution in [0.15, 0.2) is 36.4 Å². The summed E-state index contributed by atoms with van der Waals surface area (Å²) in [6.07, 6.45) is 0.741. The van der Waals surface area contributed by atoms with Gasteiger partial charge < -0.3 is 9.47 Å². The number of hydrogen-bond acceptors (Lipinski definition) is 5. The molecule has 0 unspecified atom stereocenters. The lowest BCUT2D eigenvalue weighted by molar-refractivity contribution is 0.0518. The fourth-order valence-corrected chi connectivity index (χ4v) is 4.09. The molecule has 0 atom stereocenters. The fraction of sp³-hybridized carbons (Fsp3) is 0.300. The molecule has 2 aliphatic rings. The van der Waals surface area contributed by atoms with Crippen molar-refractivity contribution >= 4 is 11.6 Å². The first-order valence-electron chi connectivity index (χ1n) is 8.21. The second kappa shape index (κ2) is 5.43. The summed E-state index contributed by atoms with van der Waals surface area (Å²) < 4.78 is 10.8. The van der Waals surface area contributed by atoms with E-state index in [9.17, 15) is 9.59 Å². The first kappa shape index (κ1) is 15.8. The van der Waals surface area contributed by atoms with Crippen molar-refractivity contribution in [2.45, 2.75) is 12.0 Å². The molecule has 1 heterocycles. The molecule has 0 aromatic heterocycles. The third-order valence-electron chi connectivity index (χ3n) is 5.36. The van der Waals surface area contributed by atoms with Crippen molar-refractivity contribution in [1.82, 2.24) is 4.90 Å². The molecule has 5 nitrogen and oxygen atoms in total. The van der Waals surface area contributed by atoms with Crippen LogP contribution in [0.1, 0.15) is 31.8 Å². The molecule has 5 heteroatoms. The Labute approximate surface area is 146 Å². The number of fused-ring (bicyclic) bond motifs is 3. The van der Waals surface area contributed by atoms with Crippen LogP contribution in [0.25, 0.3) is 0 Å². The van der Waals surface area contributed by atoms with Crippen LogP contribution in [-0.4, -0.2) is 44.3 Å². The number of ketones is 2. The zero-order chi connectivity index (χ0) is 17.8. The van der Waals surface area contributed by atoms with Crippen LogP contribution in [0, 0.1) is 0 Å². The zero-order valence-electron chi connectivity index (χ0n) is 14.5. The van der Waals surface area contributed by atoms with Gasteiger partial charge in [0.1, 0.15) is 0 Å². The quantitative estimate of drug-likeness (QED) is 0.788. The largest absolute Gasteiger partial charge is 0.493 e. The Hall–Kier alpha value is -2.66. The van der Waals surface area contributed by atoms with Gasteiger partial charge in [0.05, 0.1) is 14.2 Å². The van der Waals surface area contributed by atoms with Gasteiger partial charge in [-0.3, -0.25) is 14.5 Å². The molecule has 0 bridgehead atoms. The molecule has 1 spiro atoms. The highest BCUT2D eigenvalue weighted by Gasteiger charge is 2.59. The van der Waals surface area contributed by atoms with Crippen molar-refractivity contribution in [2.75, 3.05) is 27.8 Å². The van der Waals surface area contributed by atoms with Gasteiger partial charge in [-0.15, -0.1) is 0 Å². The Morgan fingerprint density at radius 1 is 0.960 bits per heavy atom. The Kier molecular flexibility index (Phi) is 3.44. The molecule has 1 aliphatic heterocycles. The molecule has 0 fully saturated rings. The molecular weight excluding hydrogens is 318 g/mol. The van der Waals surface area contributed by atoms with E-state index < -0.39 is 5.54 Å². The van der Waals surface area contributed by atoms with E-state index in [0.717, 1.165) is 12.0 Å². The topological polar surface area (TPSA) is 55.8 Å². The standard InChI is InChI=1S/C20H19NO4/c1-21-9-8-12-10-16(24-2)17(25-3)11-15(12)20(21)18(22)13-6-4-5-7-14(13)19(20)23/h4-7,10-11H,8-9H2,1-3H3. The minimum absolute atomic E-state index is 0.163. The molecule has 4 rings (SSSR count). The number of carbonyl (C=O) groups is 2. The van der Waals surface area contributed by atoms with E-state index in [-0.39, 0.29) is 11.6 Å². The third kappa shape index (κ3) is 1.87. The van der Waals surface area contributed by atoms with E-state index in [1.807, 2.05) is 18.0 Å². The van der Waals surface area contributed by atoms with E-state index in [0.29, 0.717) is 34.7 Å². The smallest absolute Gasteiger partial charge is 0.196 e. The molecule has 1 aliphatic carbocycles. The number of nitrogens with zero attached hydrogens (tertiary/aromatic N) is 1. The van der Waals surface area contributed by atoms with E-state index in [1.54, 1.807) is 44.6 Å². The third-order valence-corrected chi connectivity index (χ3v) is 5.36. The number of hydrogen-bond donors (Lipinski definition) is 0. The summed E-state index contributed by atoms with van der Waals surface area (Å²) in [4.78, 5) is 28.6. The van der Waals surface area contributed by atoms with Gasteiger partial charge in [0.2, 0.25) is 0 Å². The number of likely N-dealkylation sites (N-methyl/N-ethyl adjacent to an activating group) is 1. The molecule has 0 N–H and O–H groups in total. The number of Topliss-reactive ketones (excluding diaryl/α,β-unsaturated/α-hetero) is 2. The average molecular weight is 337 g/mol. The van der Waals surface area contributed by atoms with Gasteiger partial charge in [0, 0.05) is 17.7 Å². The van der Waals surface area contributed by atoms with Gasteiger partial charge in [0.25, 0.3) is 0 Å². The minimum atomic E-state index is -1.31. The first-order chi connectivity index (χ1) is 12.1. The van der Waals surface area contributed by atoms with E-state index in [1.165, 1.54) is 0 Å². The van der Waals surface area contributed by atoms with Crippen LogP contribution in [0.3, 0.4) is 0 Å². The lowest BCUT2D eigenvalue weighted by atomic mass is 9.77. The van der Waals surface area contributed by atoms with Crippen LogP contribution >= 0.6 is 0 Å². The Morgan fingerprint density at radius 2 is 1.52 bits per heavy atom. The highest BCUT2D eigenvalue weighted by Crippen LogP contribution is 2.47. The summed E-state index contributed by atoms with van der Waals surface area (Å²) >= 11 is 0. The number of methoxy groups -OCH3 is 2. The fourth-order valence-electron chi connectivity index (χ4n) is 4.09. The predicted molar refractivity (Wildman–Crippen MR) is 92.7 cm³/mol. The van der Waals surface area contributed by atoms with Gasteiger partial charge in [-0.2, -0.15) is 0 Å². The zero-order valence-corrected chi connectivity index (χ0v) is 14.5. The predicted octanol–water partition coefficient (Wildman–Crippen LogP) is 2.47. The molecule has 0 radical (unpaired) electrons. The number of ether oxygens (including phenoxy) is 2. The molecule has 0 saturated heterocycles. The lowest BCUT2D eigenvalue weighted by Crippen LogP contribution is -2.55. The molecular formula is C20H19NO4. The summed E-state index contributed by atoms with van der Waals surface area (Å²) in [6.45, 7) is 0.619. The van der Waals surface area contributed by atoms with Crippen molar-refractivity contribution in [2.24, 2.45) is 0 Å². The second-order valence-electron chi connectivity index (χ2n) is 6.45. The van der Waals surface area contributed by atoms with Crippen LogP contribution in [-0.2, 0) is 12.0 Å². The van der Waals surface area contributed by atoms with Crippen LogP contribution in [0.2, 0.25) is 0 Å². The highest BCUT2D eigenvalue weighted by atomic mass is 16.5. The molecule has 0 saturated carbocycles. The highest BCUT2D eigenvalue weighted by molar-refractivity contribution is 6.33. The van der Waals surface area contributed by atoms with Gasteiger partial charge in [-0.25, -0.2) is 0 Å². The molecule has 2 aromatic carbocycles. The van der Waals surface area contributed by atoms with E-state index >= 15 is 0 Å². The van der Waals surface area contributed by atoms with Crippen molar-refractivity contribution in [3.05, 3.63) is 58.7 Å². The van der Waals surface area contributed by atoms with Gasteiger partial charge >= 0.3 is 0 Å². The number of benzene rings is 2. The molecule has 0 amide bonds. The summed E-state index contributed by atoms with van der Waals surface area (Å²) in [5, 5.41) is 0. The normalized spacial score (nSPS) is 18.2. The van der Waals surface area contributed by atoms with Crippen LogP contribution < -0.4 is 9.47 Å². The molecule has 128 valence electrons. The Balaban J connectivity index is 2.02. The van der Waals surface area contributed by atoms with Gasteiger partial charge in [-0.05, 0) is 36.7 Å². The SMILES string of the molecule is COc1cc2c(cc1OC)C1(C(=O)c3ccccc3C1=O)N(C)CC2. The van der Waals surface area contributed by atoms with E-state index in [4.69, 9.17) is 9.47 Å². The maximum atomic E-state index is 13.4. The number of rotatable bonds is 2. The summed E-state index contributed by atoms with van der Waals surface area (Å²) in [5.74, 6) is 0.802. The Morgan fingerprint density at radius 3 is 2.08 bits per heavy atom. The minimum Gasteiger partial charge on any atom is -0.493 e. The average Bonchev–Trinajstić information content (AvgIpc) is 2.87. The van der Waals surface area contributed by atoms with Gasteiger partial charge in [0.15, 0.2) is 28.6 Å².